The number of anilines is 2. The summed E-state index contributed by atoms with van der Waals surface area (Å²) in [5, 5.41) is 2.63. The minimum Gasteiger partial charge on any atom is -0.497 e. The van der Waals surface area contributed by atoms with Crippen molar-refractivity contribution < 1.29 is 35.8 Å². The van der Waals surface area contributed by atoms with Gasteiger partial charge in [0.15, 0.2) is 0 Å². The normalized spacial score (nSPS) is 14.6. The molecule has 0 spiro atoms. The molecule has 0 aromatic heterocycles. The standard InChI is InChI=1S/C27H29N3O8S2/c1-36-23-9-6-21(7-10-23)29-39(32,33)26-19-22(8-13-25(26)37-2)28-27(31)14-5-20-3-11-24(12-4-20)40(34,35)30-15-17-38-18-16-30/h3-14,19,29H,15-18H2,1-2H3,(H,28,31)/b14-5+. The largest absolute Gasteiger partial charge is 0.497 e. The van der Waals surface area contributed by atoms with Crippen LogP contribution in [0.5, 0.6) is 11.5 Å². The third-order valence-electron chi connectivity index (χ3n) is 5.98. The first kappa shape index (κ1) is 29.1. The number of nitrogens with zero attached hydrogens (tertiary/aromatic N) is 1. The second-order valence-electron chi connectivity index (χ2n) is 8.61. The quantitative estimate of drug-likeness (QED) is 0.345. The van der Waals surface area contributed by atoms with E-state index in [0.29, 0.717) is 43.3 Å². The molecule has 0 saturated carbocycles. The lowest BCUT2D eigenvalue weighted by Crippen LogP contribution is -2.40. The van der Waals surface area contributed by atoms with Crippen LogP contribution in [0.3, 0.4) is 0 Å². The lowest BCUT2D eigenvalue weighted by Gasteiger charge is -2.26. The van der Waals surface area contributed by atoms with Crippen LogP contribution in [0, 0.1) is 0 Å². The zero-order valence-electron chi connectivity index (χ0n) is 21.9. The lowest BCUT2D eigenvalue weighted by molar-refractivity contribution is -0.111. The Morgan fingerprint density at radius 2 is 1.52 bits per heavy atom. The van der Waals surface area contributed by atoms with Crippen molar-refractivity contribution in [3.8, 4) is 11.5 Å². The first-order valence-corrected chi connectivity index (χ1v) is 15.1. The molecule has 0 atom stereocenters. The van der Waals surface area contributed by atoms with Crippen LogP contribution in [0.25, 0.3) is 6.08 Å². The highest BCUT2D eigenvalue weighted by molar-refractivity contribution is 7.92. The van der Waals surface area contributed by atoms with Crippen molar-refractivity contribution in [1.29, 1.82) is 0 Å². The van der Waals surface area contributed by atoms with Crippen LogP contribution in [0.4, 0.5) is 11.4 Å². The van der Waals surface area contributed by atoms with E-state index in [0.717, 1.165) is 0 Å². The highest BCUT2D eigenvalue weighted by Gasteiger charge is 2.26. The van der Waals surface area contributed by atoms with Crippen molar-refractivity contribution in [1.82, 2.24) is 4.31 Å². The molecule has 0 aliphatic carbocycles. The second kappa shape index (κ2) is 12.5. The van der Waals surface area contributed by atoms with Gasteiger partial charge in [-0.05, 0) is 66.2 Å². The van der Waals surface area contributed by atoms with E-state index >= 15 is 0 Å². The number of benzene rings is 3. The van der Waals surface area contributed by atoms with Crippen LogP contribution in [-0.2, 0) is 29.6 Å². The number of hydrogen-bond acceptors (Lipinski definition) is 8. The Hall–Kier alpha value is -3.91. The SMILES string of the molecule is COc1ccc(NS(=O)(=O)c2cc(NC(=O)/C=C/c3ccc(S(=O)(=O)N4CCOCC4)cc3)ccc2OC)cc1. The molecule has 40 heavy (non-hydrogen) atoms. The molecule has 11 nitrogen and oxygen atoms in total. The minimum atomic E-state index is -4.06. The van der Waals surface area contributed by atoms with E-state index in [1.54, 1.807) is 36.4 Å². The third-order valence-corrected chi connectivity index (χ3v) is 9.29. The molecule has 0 radical (unpaired) electrons. The summed E-state index contributed by atoms with van der Waals surface area (Å²) in [6.45, 7) is 1.32. The number of amides is 1. The summed E-state index contributed by atoms with van der Waals surface area (Å²) in [7, 11) is -4.82. The van der Waals surface area contributed by atoms with Gasteiger partial charge in [0.05, 0.1) is 32.3 Å². The van der Waals surface area contributed by atoms with Gasteiger partial charge in [-0.15, -0.1) is 0 Å². The van der Waals surface area contributed by atoms with E-state index in [4.69, 9.17) is 14.2 Å². The Bertz CT molecular complexity index is 1580. The second-order valence-corrected chi connectivity index (χ2v) is 12.2. The molecule has 3 aromatic rings. The molecule has 212 valence electrons. The molecule has 0 unspecified atom stereocenters. The van der Waals surface area contributed by atoms with Crippen LogP contribution >= 0.6 is 0 Å². The van der Waals surface area contributed by atoms with Crippen LogP contribution in [-0.4, -0.2) is 67.6 Å². The number of sulfonamides is 2. The highest BCUT2D eigenvalue weighted by Crippen LogP contribution is 2.29. The van der Waals surface area contributed by atoms with Gasteiger partial charge < -0.3 is 19.5 Å². The number of hydrogen-bond donors (Lipinski definition) is 2. The first-order valence-electron chi connectivity index (χ1n) is 12.1. The lowest BCUT2D eigenvalue weighted by atomic mass is 10.2. The average Bonchev–Trinajstić information content (AvgIpc) is 2.97. The smallest absolute Gasteiger partial charge is 0.265 e. The van der Waals surface area contributed by atoms with Crippen LogP contribution < -0.4 is 19.5 Å². The zero-order valence-corrected chi connectivity index (χ0v) is 23.5. The fourth-order valence-electron chi connectivity index (χ4n) is 3.88. The molecule has 3 aromatic carbocycles. The summed E-state index contributed by atoms with van der Waals surface area (Å²) >= 11 is 0. The Labute approximate surface area is 233 Å². The summed E-state index contributed by atoms with van der Waals surface area (Å²) in [6.07, 6.45) is 2.78. The number of rotatable bonds is 10. The number of carbonyl (C=O) groups excluding carboxylic acids is 1. The van der Waals surface area contributed by atoms with Gasteiger partial charge in [-0.2, -0.15) is 4.31 Å². The molecule has 0 bridgehead atoms. The van der Waals surface area contributed by atoms with Gasteiger partial charge in [0.2, 0.25) is 15.9 Å². The molecule has 1 aliphatic heterocycles. The Morgan fingerprint density at radius 3 is 2.15 bits per heavy atom. The fraction of sp³-hybridized carbons (Fsp3) is 0.222. The van der Waals surface area contributed by atoms with Crippen molar-refractivity contribution in [3.05, 3.63) is 78.4 Å². The number of ether oxygens (including phenoxy) is 3. The maximum Gasteiger partial charge on any atom is 0.265 e. The zero-order chi connectivity index (χ0) is 28.8. The number of nitrogens with one attached hydrogen (secondary N) is 2. The number of morpholine rings is 1. The molecule has 2 N–H and O–H groups in total. The van der Waals surface area contributed by atoms with E-state index < -0.39 is 26.0 Å². The predicted octanol–water partition coefficient (Wildman–Crippen LogP) is 3.18. The number of methoxy groups -OCH3 is 2. The Morgan fingerprint density at radius 1 is 0.875 bits per heavy atom. The fourth-order valence-corrected chi connectivity index (χ4v) is 6.54. The topological polar surface area (TPSA) is 140 Å². The van der Waals surface area contributed by atoms with E-state index in [1.165, 1.54) is 61.0 Å². The molecule has 1 saturated heterocycles. The first-order chi connectivity index (χ1) is 19.1. The van der Waals surface area contributed by atoms with Gasteiger partial charge in [0.25, 0.3) is 10.0 Å². The monoisotopic (exact) mass is 587 g/mol. The van der Waals surface area contributed by atoms with Gasteiger partial charge in [-0.1, -0.05) is 12.1 Å². The highest BCUT2D eigenvalue weighted by atomic mass is 32.2. The van der Waals surface area contributed by atoms with Gasteiger partial charge in [-0.25, -0.2) is 16.8 Å². The van der Waals surface area contributed by atoms with Gasteiger partial charge in [0, 0.05) is 30.5 Å². The van der Waals surface area contributed by atoms with Crippen molar-refractivity contribution in [2.45, 2.75) is 9.79 Å². The Balaban J connectivity index is 1.44. The van der Waals surface area contributed by atoms with Crippen molar-refractivity contribution in [2.24, 2.45) is 0 Å². The predicted molar refractivity (Wildman–Crippen MR) is 150 cm³/mol. The van der Waals surface area contributed by atoms with Gasteiger partial charge in [-0.3, -0.25) is 9.52 Å². The van der Waals surface area contributed by atoms with Crippen molar-refractivity contribution in [3.63, 3.8) is 0 Å². The van der Waals surface area contributed by atoms with Crippen molar-refractivity contribution >= 4 is 43.4 Å². The summed E-state index contributed by atoms with van der Waals surface area (Å²) in [5.74, 6) is 0.163. The minimum absolute atomic E-state index is 0.0988. The average molecular weight is 588 g/mol. The molecule has 1 aliphatic rings. The maximum atomic E-state index is 13.1. The molecule has 1 amide bonds. The van der Waals surface area contributed by atoms with Crippen LogP contribution in [0.2, 0.25) is 0 Å². The van der Waals surface area contributed by atoms with Gasteiger partial charge >= 0.3 is 0 Å². The molecule has 1 heterocycles. The maximum absolute atomic E-state index is 13.1. The summed E-state index contributed by atoms with van der Waals surface area (Å²) in [6, 6.07) is 16.8. The van der Waals surface area contributed by atoms with E-state index in [-0.39, 0.29) is 21.2 Å². The van der Waals surface area contributed by atoms with Crippen LogP contribution in [0.15, 0.2) is 82.6 Å². The third kappa shape index (κ3) is 6.99. The summed E-state index contributed by atoms with van der Waals surface area (Å²) in [5.41, 5.74) is 1.17. The molecule has 1 fully saturated rings. The van der Waals surface area contributed by atoms with Crippen molar-refractivity contribution in [2.75, 3.05) is 50.6 Å². The summed E-state index contributed by atoms with van der Waals surface area (Å²) in [4.78, 5) is 12.6. The molecule has 4 rings (SSSR count). The molecule has 13 heteroatoms. The summed E-state index contributed by atoms with van der Waals surface area (Å²) < 4.78 is 71.1. The van der Waals surface area contributed by atoms with Crippen LogP contribution in [0.1, 0.15) is 5.56 Å². The molecular weight excluding hydrogens is 558 g/mol. The van der Waals surface area contributed by atoms with E-state index in [1.807, 2.05) is 0 Å². The van der Waals surface area contributed by atoms with Gasteiger partial charge in [0.1, 0.15) is 16.4 Å². The molecular formula is C27H29N3O8S2. The van der Waals surface area contributed by atoms with E-state index in [9.17, 15) is 21.6 Å². The van der Waals surface area contributed by atoms with E-state index in [2.05, 4.69) is 10.0 Å². The number of carbonyl (C=O) groups is 1. The Kier molecular flexibility index (Phi) is 9.10.